The van der Waals surface area contributed by atoms with Gasteiger partial charge in [-0.25, -0.2) is 4.79 Å². The van der Waals surface area contributed by atoms with Crippen molar-refractivity contribution in [2.45, 2.75) is 6.04 Å². The number of para-hydroxylation sites is 1. The number of H-pyrrole nitrogens is 1. The van der Waals surface area contributed by atoms with Crippen LogP contribution in [0.4, 0.5) is 5.69 Å². The summed E-state index contributed by atoms with van der Waals surface area (Å²) in [5.74, 6) is -1.79. The minimum absolute atomic E-state index is 0.0352. The molecule has 1 aromatic heterocycles. The van der Waals surface area contributed by atoms with Gasteiger partial charge in [0, 0.05) is 28.4 Å². The van der Waals surface area contributed by atoms with Crippen molar-refractivity contribution in [3.05, 3.63) is 101 Å². The molecule has 8 nitrogen and oxygen atoms in total. The van der Waals surface area contributed by atoms with Crippen molar-refractivity contribution < 1.29 is 29.0 Å². The van der Waals surface area contributed by atoms with Crippen LogP contribution in [0.2, 0.25) is 0 Å². The van der Waals surface area contributed by atoms with Crippen molar-refractivity contribution in [1.29, 1.82) is 0 Å². The molecule has 1 aliphatic rings. The molecule has 1 saturated heterocycles. The molecule has 1 unspecified atom stereocenters. The molecule has 36 heavy (non-hydrogen) atoms. The largest absolute Gasteiger partial charge is 0.507 e. The number of esters is 1. The minimum atomic E-state index is -0.909. The zero-order valence-electron chi connectivity index (χ0n) is 19.5. The zero-order chi connectivity index (χ0) is 25.4. The van der Waals surface area contributed by atoms with Crippen molar-refractivity contribution >= 4 is 40.0 Å². The summed E-state index contributed by atoms with van der Waals surface area (Å²) in [5, 5.41) is 12.1. The molecule has 2 heterocycles. The second-order valence-electron chi connectivity index (χ2n) is 8.23. The molecule has 0 saturated carbocycles. The number of carbonyl (C=O) groups excluding carboxylic acids is 3. The zero-order valence-corrected chi connectivity index (χ0v) is 19.5. The molecule has 0 aliphatic carbocycles. The van der Waals surface area contributed by atoms with Crippen LogP contribution in [-0.2, 0) is 14.3 Å². The summed E-state index contributed by atoms with van der Waals surface area (Å²) >= 11 is 0. The minimum Gasteiger partial charge on any atom is -0.507 e. The maximum atomic E-state index is 13.4. The molecule has 3 aromatic carbocycles. The Morgan fingerprint density at radius 2 is 1.64 bits per heavy atom. The summed E-state index contributed by atoms with van der Waals surface area (Å²) in [6.45, 7) is 0. The quantitative estimate of drug-likeness (QED) is 0.186. The Morgan fingerprint density at radius 1 is 0.944 bits per heavy atom. The van der Waals surface area contributed by atoms with E-state index < -0.39 is 23.7 Å². The summed E-state index contributed by atoms with van der Waals surface area (Å²) in [6, 6.07) is 19.6. The van der Waals surface area contributed by atoms with E-state index in [1.165, 1.54) is 24.1 Å². The van der Waals surface area contributed by atoms with Crippen molar-refractivity contribution in [3.63, 3.8) is 0 Å². The Hall–Kier alpha value is -4.85. The van der Waals surface area contributed by atoms with Crippen molar-refractivity contribution in [1.82, 2.24) is 4.98 Å². The molecule has 4 aromatic rings. The lowest BCUT2D eigenvalue weighted by atomic mass is 9.95. The number of hydrogen-bond acceptors (Lipinski definition) is 6. The van der Waals surface area contributed by atoms with Crippen LogP contribution in [0, 0.1) is 0 Å². The van der Waals surface area contributed by atoms with E-state index >= 15 is 0 Å². The Kier molecular flexibility index (Phi) is 5.77. The van der Waals surface area contributed by atoms with Gasteiger partial charge in [-0.1, -0.05) is 30.3 Å². The van der Waals surface area contributed by atoms with Gasteiger partial charge in [0.15, 0.2) is 0 Å². The Balaban J connectivity index is 1.70. The van der Waals surface area contributed by atoms with Crippen LogP contribution in [0.3, 0.4) is 0 Å². The van der Waals surface area contributed by atoms with Crippen LogP contribution in [0.5, 0.6) is 5.75 Å². The SMILES string of the molecule is COC(=O)c1ccc(N2C(=O)C(=O)/C(=C(\O)c3c[nH]c4ccccc34)C2c2ccc(OC)cc2)cc1. The highest BCUT2D eigenvalue weighted by molar-refractivity contribution is 6.51. The van der Waals surface area contributed by atoms with Gasteiger partial charge in [0.25, 0.3) is 11.7 Å². The van der Waals surface area contributed by atoms with Gasteiger partial charge < -0.3 is 19.6 Å². The first kappa shape index (κ1) is 22.9. The number of ketones is 1. The number of amides is 1. The third-order valence-electron chi connectivity index (χ3n) is 6.29. The van der Waals surface area contributed by atoms with Gasteiger partial charge in [0.05, 0.1) is 31.4 Å². The topological polar surface area (TPSA) is 109 Å². The Labute approximate surface area is 206 Å². The highest BCUT2D eigenvalue weighted by atomic mass is 16.5. The first-order valence-corrected chi connectivity index (χ1v) is 11.1. The number of aromatic nitrogens is 1. The number of ether oxygens (including phenoxy) is 2. The van der Waals surface area contributed by atoms with Gasteiger partial charge in [-0.2, -0.15) is 0 Å². The highest BCUT2D eigenvalue weighted by Gasteiger charge is 2.47. The van der Waals surface area contributed by atoms with Crippen molar-refractivity contribution in [3.8, 4) is 5.75 Å². The molecule has 1 atom stereocenters. The van der Waals surface area contributed by atoms with E-state index in [0.29, 0.717) is 28.1 Å². The molecule has 180 valence electrons. The number of aromatic amines is 1. The maximum absolute atomic E-state index is 13.4. The summed E-state index contributed by atoms with van der Waals surface area (Å²) in [4.78, 5) is 43.0. The number of benzene rings is 3. The van der Waals surface area contributed by atoms with E-state index in [1.807, 2.05) is 24.3 Å². The van der Waals surface area contributed by atoms with Gasteiger partial charge in [-0.05, 0) is 48.0 Å². The first-order valence-electron chi connectivity index (χ1n) is 11.1. The van der Waals surface area contributed by atoms with Crippen LogP contribution in [-0.4, -0.2) is 42.0 Å². The molecule has 0 radical (unpaired) electrons. The summed E-state index contributed by atoms with van der Waals surface area (Å²) in [5.41, 5.74) is 2.47. The van der Waals surface area contributed by atoms with E-state index in [-0.39, 0.29) is 11.3 Å². The Morgan fingerprint density at radius 3 is 2.31 bits per heavy atom. The molecular weight excluding hydrogens is 460 g/mol. The number of anilines is 1. The number of Topliss-reactive ketones (excluding diaryl/α,β-unsaturated/α-hetero) is 1. The van der Waals surface area contributed by atoms with Crippen LogP contribution < -0.4 is 9.64 Å². The molecule has 0 bridgehead atoms. The number of carbonyl (C=O) groups is 3. The van der Waals surface area contributed by atoms with Gasteiger partial charge in [-0.3, -0.25) is 14.5 Å². The number of hydrogen-bond donors (Lipinski definition) is 2. The van der Waals surface area contributed by atoms with Crippen molar-refractivity contribution in [2.24, 2.45) is 0 Å². The van der Waals surface area contributed by atoms with Gasteiger partial charge in [-0.15, -0.1) is 0 Å². The lowest BCUT2D eigenvalue weighted by molar-refractivity contribution is -0.132. The van der Waals surface area contributed by atoms with Gasteiger partial charge in [0.1, 0.15) is 11.5 Å². The third kappa shape index (κ3) is 3.69. The number of nitrogens with one attached hydrogen (secondary N) is 1. The number of nitrogens with zero attached hydrogens (tertiary/aromatic N) is 1. The number of aliphatic hydroxyl groups is 1. The van der Waals surface area contributed by atoms with Crippen molar-refractivity contribution in [2.75, 3.05) is 19.1 Å². The lowest BCUT2D eigenvalue weighted by Crippen LogP contribution is -2.29. The van der Waals surface area contributed by atoms with Gasteiger partial charge >= 0.3 is 5.97 Å². The number of fused-ring (bicyclic) bond motifs is 1. The number of rotatable bonds is 5. The maximum Gasteiger partial charge on any atom is 0.337 e. The molecule has 1 fully saturated rings. The third-order valence-corrected chi connectivity index (χ3v) is 6.29. The monoisotopic (exact) mass is 482 g/mol. The van der Waals surface area contributed by atoms with Crippen LogP contribution in [0.25, 0.3) is 16.7 Å². The number of methoxy groups -OCH3 is 2. The van der Waals surface area contributed by atoms with Gasteiger partial charge in [0.2, 0.25) is 0 Å². The second kappa shape index (κ2) is 9.07. The van der Waals surface area contributed by atoms with Crippen LogP contribution in [0.1, 0.15) is 27.5 Å². The smallest absolute Gasteiger partial charge is 0.337 e. The van der Waals surface area contributed by atoms with E-state index in [9.17, 15) is 19.5 Å². The molecule has 0 spiro atoms. The molecule has 8 heteroatoms. The van der Waals surface area contributed by atoms with E-state index in [0.717, 1.165) is 10.9 Å². The standard InChI is InChI=1S/C28H22N2O6/c1-35-19-13-9-16(10-14-19)24-23(25(31)21-15-29-22-6-4-3-5-20(21)22)26(32)27(33)30(24)18-11-7-17(8-12-18)28(34)36-2/h3-15,24,29,31H,1-2H3/b25-23-. The molecular formula is C28H22N2O6. The van der Waals surface area contributed by atoms with E-state index in [2.05, 4.69) is 4.98 Å². The summed E-state index contributed by atoms with van der Waals surface area (Å²) < 4.78 is 10.0. The molecule has 1 amide bonds. The average molecular weight is 482 g/mol. The lowest BCUT2D eigenvalue weighted by Gasteiger charge is -2.25. The normalized spacial score (nSPS) is 16.9. The highest BCUT2D eigenvalue weighted by Crippen LogP contribution is 2.43. The Bertz CT molecular complexity index is 1520. The summed E-state index contributed by atoms with van der Waals surface area (Å²) in [6.07, 6.45) is 1.61. The second-order valence-corrected chi connectivity index (χ2v) is 8.23. The first-order chi connectivity index (χ1) is 17.4. The summed E-state index contributed by atoms with van der Waals surface area (Å²) in [7, 11) is 2.82. The molecule has 2 N–H and O–H groups in total. The number of aliphatic hydroxyl groups excluding tert-OH is 1. The molecule has 5 rings (SSSR count). The predicted molar refractivity (Wildman–Crippen MR) is 134 cm³/mol. The average Bonchev–Trinajstić information content (AvgIpc) is 3.47. The van der Waals surface area contributed by atoms with E-state index in [4.69, 9.17) is 9.47 Å². The fourth-order valence-corrected chi connectivity index (χ4v) is 4.49. The molecule has 1 aliphatic heterocycles. The fraction of sp³-hybridized carbons (Fsp3) is 0.107. The van der Waals surface area contributed by atoms with Crippen LogP contribution in [0.15, 0.2) is 84.6 Å². The van der Waals surface area contributed by atoms with Crippen LogP contribution >= 0.6 is 0 Å². The van der Waals surface area contributed by atoms with E-state index in [1.54, 1.807) is 49.7 Å². The fourth-order valence-electron chi connectivity index (χ4n) is 4.49. The predicted octanol–water partition coefficient (Wildman–Crippen LogP) is 4.59.